The summed E-state index contributed by atoms with van der Waals surface area (Å²) in [6, 6.07) is 4.46. The van der Waals surface area contributed by atoms with E-state index in [-0.39, 0.29) is 0 Å². The molecule has 5 heteroatoms. The lowest BCUT2D eigenvalue weighted by Crippen LogP contribution is -2.28. The molecule has 1 saturated heterocycles. The van der Waals surface area contributed by atoms with E-state index in [0.29, 0.717) is 12.0 Å². The van der Waals surface area contributed by atoms with Crippen molar-refractivity contribution in [3.63, 3.8) is 0 Å². The molecule has 0 radical (unpaired) electrons. The van der Waals surface area contributed by atoms with Crippen LogP contribution in [0.3, 0.4) is 0 Å². The Bertz CT molecular complexity index is 578. The van der Waals surface area contributed by atoms with Crippen molar-refractivity contribution in [1.29, 1.82) is 0 Å². The maximum atomic E-state index is 5.28. The van der Waals surface area contributed by atoms with Crippen LogP contribution >= 0.6 is 0 Å². The molecule has 1 aliphatic heterocycles. The number of methoxy groups -OCH3 is 1. The molecule has 102 valence electrons. The fourth-order valence-corrected chi connectivity index (χ4v) is 2.76. The zero-order valence-electron chi connectivity index (χ0n) is 11.7. The van der Waals surface area contributed by atoms with Crippen molar-refractivity contribution in [2.45, 2.75) is 32.2 Å². The Hall–Kier alpha value is -1.62. The number of pyridine rings is 1. The Balaban J connectivity index is 1.93. The smallest absolute Gasteiger partial charge is 0.161 e. The Labute approximate surface area is 113 Å². The third kappa shape index (κ3) is 2.18. The number of ether oxygens (including phenoxy) is 1. The van der Waals surface area contributed by atoms with E-state index in [4.69, 9.17) is 4.74 Å². The molecule has 0 amide bonds. The fraction of sp³-hybridized carbons (Fsp3) is 0.571. The van der Waals surface area contributed by atoms with Gasteiger partial charge in [0, 0.05) is 18.5 Å². The Morgan fingerprint density at radius 2 is 2.16 bits per heavy atom. The van der Waals surface area contributed by atoms with Crippen molar-refractivity contribution in [2.75, 3.05) is 20.2 Å². The number of nitrogens with zero attached hydrogens (tertiary/aromatic N) is 4. The molecule has 2 aromatic heterocycles. The summed E-state index contributed by atoms with van der Waals surface area (Å²) in [5.74, 6) is 2.36. The average Bonchev–Trinajstić information content (AvgIpc) is 3.03. The van der Waals surface area contributed by atoms with Gasteiger partial charge in [0.2, 0.25) is 0 Å². The zero-order valence-corrected chi connectivity index (χ0v) is 11.7. The first-order chi connectivity index (χ1) is 9.19. The second-order valence-corrected chi connectivity index (χ2v) is 5.43. The van der Waals surface area contributed by atoms with Crippen LogP contribution in [0.1, 0.15) is 32.0 Å². The minimum Gasteiger partial charge on any atom is -0.495 e. The van der Waals surface area contributed by atoms with Crippen LogP contribution in [0.2, 0.25) is 0 Å². The normalized spacial score (nSPS) is 20.5. The predicted octanol–water partition coefficient (Wildman–Crippen LogP) is 1.94. The lowest BCUT2D eigenvalue weighted by molar-refractivity contribution is 0.271. The van der Waals surface area contributed by atoms with Crippen LogP contribution in [0.5, 0.6) is 5.75 Å². The summed E-state index contributed by atoms with van der Waals surface area (Å²) in [5.41, 5.74) is 0.888. The minimum absolute atomic E-state index is 0.463. The van der Waals surface area contributed by atoms with E-state index >= 15 is 0 Å². The van der Waals surface area contributed by atoms with E-state index in [1.165, 1.54) is 0 Å². The van der Waals surface area contributed by atoms with Crippen molar-refractivity contribution in [3.8, 4) is 5.75 Å². The van der Waals surface area contributed by atoms with Gasteiger partial charge in [0.15, 0.2) is 5.65 Å². The summed E-state index contributed by atoms with van der Waals surface area (Å²) in [6.45, 7) is 6.69. The first-order valence-electron chi connectivity index (χ1n) is 6.81. The molecular weight excluding hydrogens is 240 g/mol. The second-order valence-electron chi connectivity index (χ2n) is 5.43. The topological polar surface area (TPSA) is 42.7 Å². The molecule has 0 spiro atoms. The van der Waals surface area contributed by atoms with Gasteiger partial charge in [-0.1, -0.05) is 0 Å². The summed E-state index contributed by atoms with van der Waals surface area (Å²) in [7, 11) is 1.68. The molecule has 3 rings (SSSR count). The average molecular weight is 260 g/mol. The van der Waals surface area contributed by atoms with Gasteiger partial charge in [0.1, 0.15) is 11.6 Å². The van der Waals surface area contributed by atoms with E-state index in [9.17, 15) is 0 Å². The number of likely N-dealkylation sites (tertiary alicyclic amines) is 1. The summed E-state index contributed by atoms with van der Waals surface area (Å²) in [6.07, 6.45) is 3.12. The highest BCUT2D eigenvalue weighted by atomic mass is 16.5. The Morgan fingerprint density at radius 1 is 1.32 bits per heavy atom. The summed E-state index contributed by atoms with van der Waals surface area (Å²) < 4.78 is 7.34. The highest BCUT2D eigenvalue weighted by molar-refractivity contribution is 5.42. The molecule has 3 heterocycles. The van der Waals surface area contributed by atoms with Crippen LogP contribution in [0.4, 0.5) is 0 Å². The molecule has 19 heavy (non-hydrogen) atoms. The lowest BCUT2D eigenvalue weighted by Gasteiger charge is -2.19. The molecule has 0 N–H and O–H groups in total. The summed E-state index contributed by atoms with van der Waals surface area (Å²) >= 11 is 0. The minimum atomic E-state index is 0.463. The van der Waals surface area contributed by atoms with Gasteiger partial charge in [-0.3, -0.25) is 4.40 Å². The predicted molar refractivity (Wildman–Crippen MR) is 73.6 cm³/mol. The highest BCUT2D eigenvalue weighted by Gasteiger charge is 2.28. The number of fused-ring (bicyclic) bond motifs is 1. The first-order valence-corrected chi connectivity index (χ1v) is 6.81. The van der Waals surface area contributed by atoms with Crippen LogP contribution in [0.25, 0.3) is 5.65 Å². The number of hydrogen-bond acceptors (Lipinski definition) is 4. The molecule has 1 aliphatic rings. The van der Waals surface area contributed by atoms with E-state index < -0.39 is 0 Å². The van der Waals surface area contributed by atoms with Gasteiger partial charge >= 0.3 is 0 Å². The van der Waals surface area contributed by atoms with E-state index in [1.807, 2.05) is 18.3 Å². The first kappa shape index (κ1) is 12.4. The van der Waals surface area contributed by atoms with Gasteiger partial charge in [-0.2, -0.15) is 0 Å². The van der Waals surface area contributed by atoms with Crippen LogP contribution in [-0.4, -0.2) is 45.7 Å². The van der Waals surface area contributed by atoms with Crippen molar-refractivity contribution < 1.29 is 4.74 Å². The SMILES string of the molecule is COc1ccc2nnc(C3CCN(C(C)C)C3)n2c1. The molecule has 0 bridgehead atoms. The quantitative estimate of drug-likeness (QED) is 0.846. The van der Waals surface area contributed by atoms with Gasteiger partial charge in [0.25, 0.3) is 0 Å². The molecule has 0 aromatic carbocycles. The highest BCUT2D eigenvalue weighted by Crippen LogP contribution is 2.28. The van der Waals surface area contributed by atoms with Gasteiger partial charge < -0.3 is 9.64 Å². The van der Waals surface area contributed by atoms with E-state index in [2.05, 4.69) is 33.3 Å². The maximum Gasteiger partial charge on any atom is 0.161 e. The van der Waals surface area contributed by atoms with Gasteiger partial charge in [0.05, 0.1) is 13.3 Å². The number of aromatic nitrogens is 3. The maximum absolute atomic E-state index is 5.28. The third-order valence-corrected chi connectivity index (χ3v) is 3.95. The van der Waals surface area contributed by atoms with Crippen molar-refractivity contribution >= 4 is 5.65 Å². The Kier molecular flexibility index (Phi) is 3.14. The molecule has 0 aliphatic carbocycles. The molecule has 1 fully saturated rings. The molecule has 5 nitrogen and oxygen atoms in total. The third-order valence-electron chi connectivity index (χ3n) is 3.95. The monoisotopic (exact) mass is 260 g/mol. The molecule has 0 saturated carbocycles. The molecule has 1 atom stereocenters. The fourth-order valence-electron chi connectivity index (χ4n) is 2.76. The van der Waals surface area contributed by atoms with Gasteiger partial charge in [-0.25, -0.2) is 0 Å². The van der Waals surface area contributed by atoms with Crippen molar-refractivity contribution in [2.24, 2.45) is 0 Å². The van der Waals surface area contributed by atoms with Crippen molar-refractivity contribution in [1.82, 2.24) is 19.5 Å². The molecule has 1 unspecified atom stereocenters. The van der Waals surface area contributed by atoms with Gasteiger partial charge in [-0.05, 0) is 38.9 Å². The van der Waals surface area contributed by atoms with Crippen LogP contribution in [0.15, 0.2) is 18.3 Å². The molecule has 2 aromatic rings. The van der Waals surface area contributed by atoms with Crippen LogP contribution in [0, 0.1) is 0 Å². The Morgan fingerprint density at radius 3 is 2.84 bits per heavy atom. The lowest BCUT2D eigenvalue weighted by atomic mass is 10.1. The number of hydrogen-bond donors (Lipinski definition) is 0. The molecular formula is C14H20N4O. The summed E-state index contributed by atoms with van der Waals surface area (Å²) in [5, 5.41) is 8.62. The zero-order chi connectivity index (χ0) is 13.4. The van der Waals surface area contributed by atoms with E-state index in [1.54, 1.807) is 7.11 Å². The second kappa shape index (κ2) is 4.81. The standard InChI is InChI=1S/C14H20N4O/c1-10(2)17-7-6-11(8-17)14-16-15-13-5-4-12(19-3)9-18(13)14/h4-5,9-11H,6-8H2,1-3H3. The van der Waals surface area contributed by atoms with Crippen LogP contribution in [-0.2, 0) is 0 Å². The van der Waals surface area contributed by atoms with Crippen molar-refractivity contribution in [3.05, 3.63) is 24.2 Å². The van der Waals surface area contributed by atoms with E-state index in [0.717, 1.165) is 36.7 Å². The van der Waals surface area contributed by atoms with Gasteiger partial charge in [-0.15, -0.1) is 10.2 Å². The largest absolute Gasteiger partial charge is 0.495 e. The summed E-state index contributed by atoms with van der Waals surface area (Å²) in [4.78, 5) is 2.49. The van der Waals surface area contributed by atoms with Crippen LogP contribution < -0.4 is 4.74 Å². The number of rotatable bonds is 3.